The molecule has 1 unspecified atom stereocenters. The van der Waals surface area contributed by atoms with Gasteiger partial charge in [-0.05, 0) is 43.2 Å². The molecule has 1 atom stereocenters. The van der Waals surface area contributed by atoms with Crippen LogP contribution >= 0.6 is 50.5 Å². The van der Waals surface area contributed by atoms with Crippen LogP contribution in [0, 0.1) is 0 Å². The molecule has 11 heteroatoms. The normalized spacial score (nSPS) is 15.7. The molecule has 1 aliphatic rings. The van der Waals surface area contributed by atoms with Crippen molar-refractivity contribution in [3.05, 3.63) is 57.0 Å². The summed E-state index contributed by atoms with van der Waals surface area (Å²) in [5.41, 5.74) is 1.34. The number of aromatic nitrogens is 2. The summed E-state index contributed by atoms with van der Waals surface area (Å²) >= 11 is 16.7. The molecule has 0 radical (unpaired) electrons. The van der Waals surface area contributed by atoms with E-state index in [0.29, 0.717) is 38.8 Å². The minimum atomic E-state index is -0.605. The van der Waals surface area contributed by atoms with Crippen LogP contribution in [0.1, 0.15) is 12.8 Å². The number of anilines is 2. The van der Waals surface area contributed by atoms with Gasteiger partial charge in [-0.1, -0.05) is 62.6 Å². The van der Waals surface area contributed by atoms with Crippen LogP contribution in [0.15, 0.2) is 46.9 Å². The zero-order valence-corrected chi connectivity index (χ0v) is 19.9. The molecule has 31 heavy (non-hydrogen) atoms. The van der Waals surface area contributed by atoms with Gasteiger partial charge in [0, 0.05) is 21.6 Å². The van der Waals surface area contributed by atoms with Crippen LogP contribution in [0.5, 0.6) is 0 Å². The van der Waals surface area contributed by atoms with Gasteiger partial charge in [0.05, 0.1) is 10.7 Å². The molecule has 0 aliphatic carbocycles. The van der Waals surface area contributed by atoms with Crippen LogP contribution in [0.25, 0.3) is 10.6 Å². The summed E-state index contributed by atoms with van der Waals surface area (Å²) in [6.07, 6.45) is 1.28. The first kappa shape index (κ1) is 22.0. The van der Waals surface area contributed by atoms with Crippen molar-refractivity contribution < 1.29 is 9.59 Å². The van der Waals surface area contributed by atoms with Crippen molar-refractivity contribution in [1.82, 2.24) is 15.1 Å². The first-order valence-corrected chi connectivity index (χ1v) is 11.7. The van der Waals surface area contributed by atoms with Crippen molar-refractivity contribution in [2.75, 3.05) is 17.2 Å². The summed E-state index contributed by atoms with van der Waals surface area (Å²) in [5.74, 6) is -0.298. The topological polar surface area (TPSA) is 87.2 Å². The molecule has 1 fully saturated rings. The highest BCUT2D eigenvalue weighted by molar-refractivity contribution is 9.10. The molecular formula is C20H16BrCl2N5O2S. The maximum absolute atomic E-state index is 12.8. The van der Waals surface area contributed by atoms with E-state index in [1.807, 2.05) is 24.3 Å². The van der Waals surface area contributed by atoms with E-state index in [4.69, 9.17) is 23.2 Å². The second-order valence-electron chi connectivity index (χ2n) is 6.81. The van der Waals surface area contributed by atoms with Gasteiger partial charge >= 0.3 is 6.03 Å². The Morgan fingerprint density at radius 2 is 1.87 bits per heavy atom. The van der Waals surface area contributed by atoms with Crippen molar-refractivity contribution >= 4 is 73.2 Å². The lowest BCUT2D eigenvalue weighted by atomic mass is 10.2. The van der Waals surface area contributed by atoms with E-state index in [-0.39, 0.29) is 5.91 Å². The Balaban J connectivity index is 1.42. The van der Waals surface area contributed by atoms with E-state index in [9.17, 15) is 9.59 Å². The van der Waals surface area contributed by atoms with Gasteiger partial charge in [0.25, 0.3) is 0 Å². The maximum atomic E-state index is 12.8. The molecule has 2 N–H and O–H groups in total. The first-order chi connectivity index (χ1) is 14.9. The van der Waals surface area contributed by atoms with Gasteiger partial charge in [-0.3, -0.25) is 10.1 Å². The largest absolute Gasteiger partial charge is 0.322 e. The lowest BCUT2D eigenvalue weighted by Crippen LogP contribution is -2.45. The van der Waals surface area contributed by atoms with E-state index in [2.05, 4.69) is 36.8 Å². The molecule has 0 spiro atoms. The number of likely N-dealkylation sites (tertiary alicyclic amines) is 1. The quantitative estimate of drug-likeness (QED) is 0.430. The number of hydrogen-bond acceptors (Lipinski definition) is 5. The molecule has 0 bridgehead atoms. The van der Waals surface area contributed by atoms with E-state index in [1.54, 1.807) is 18.2 Å². The van der Waals surface area contributed by atoms with Gasteiger partial charge in [0.1, 0.15) is 11.0 Å². The minimum absolute atomic E-state index is 0.298. The molecule has 1 aliphatic heterocycles. The number of carbonyl (C=O) groups excluding carboxylic acids is 2. The van der Waals surface area contributed by atoms with Gasteiger partial charge < -0.3 is 10.2 Å². The Labute approximate surface area is 200 Å². The molecule has 1 aromatic heterocycles. The van der Waals surface area contributed by atoms with Crippen molar-refractivity contribution in [3.8, 4) is 10.6 Å². The second-order valence-corrected chi connectivity index (χ2v) is 9.55. The highest BCUT2D eigenvalue weighted by atomic mass is 79.9. The number of amides is 3. The lowest BCUT2D eigenvalue weighted by molar-refractivity contribution is -0.119. The molecule has 0 saturated carbocycles. The molecule has 2 aromatic carbocycles. The third kappa shape index (κ3) is 5.17. The highest BCUT2D eigenvalue weighted by Gasteiger charge is 2.34. The Hall–Kier alpha value is -2.20. The molecule has 7 nitrogen and oxygen atoms in total. The maximum Gasteiger partial charge on any atom is 0.322 e. The van der Waals surface area contributed by atoms with Crippen molar-refractivity contribution in [2.24, 2.45) is 0 Å². The standard InChI is InChI=1S/C20H16BrCl2N5O2S/c21-12-5-3-11(4-6-12)18-26-27-19(31-18)25-17(29)16-2-1-9-28(16)20(30)24-15-8-7-13(22)10-14(15)23/h3-8,10,16H,1-2,9H2,(H,24,30)(H,25,27,29). The highest BCUT2D eigenvalue weighted by Crippen LogP contribution is 2.29. The van der Waals surface area contributed by atoms with Crippen LogP contribution in [-0.4, -0.2) is 39.6 Å². The van der Waals surface area contributed by atoms with Crippen LogP contribution in [-0.2, 0) is 4.79 Å². The fraction of sp³-hybridized carbons (Fsp3) is 0.200. The van der Waals surface area contributed by atoms with E-state index in [0.717, 1.165) is 16.5 Å². The van der Waals surface area contributed by atoms with Crippen molar-refractivity contribution in [3.63, 3.8) is 0 Å². The minimum Gasteiger partial charge on any atom is -0.312 e. The summed E-state index contributed by atoms with van der Waals surface area (Å²) in [4.78, 5) is 27.1. The van der Waals surface area contributed by atoms with E-state index < -0.39 is 12.1 Å². The number of urea groups is 1. The molecule has 4 rings (SSSR count). The molecule has 3 aromatic rings. The molecular weight excluding hydrogens is 525 g/mol. The van der Waals surface area contributed by atoms with Gasteiger partial charge in [-0.15, -0.1) is 10.2 Å². The summed E-state index contributed by atoms with van der Waals surface area (Å²) in [7, 11) is 0. The van der Waals surface area contributed by atoms with Crippen molar-refractivity contribution in [2.45, 2.75) is 18.9 Å². The summed E-state index contributed by atoms with van der Waals surface area (Å²) < 4.78 is 0.966. The first-order valence-electron chi connectivity index (χ1n) is 9.34. The third-order valence-electron chi connectivity index (χ3n) is 4.74. The van der Waals surface area contributed by atoms with Crippen LogP contribution in [0.3, 0.4) is 0 Å². The van der Waals surface area contributed by atoms with Gasteiger partial charge in [-0.2, -0.15) is 0 Å². The summed E-state index contributed by atoms with van der Waals surface area (Å²) in [6, 6.07) is 11.5. The fourth-order valence-corrected chi connectivity index (χ4v) is 4.70. The molecule has 1 saturated heterocycles. The number of nitrogens with zero attached hydrogens (tertiary/aromatic N) is 3. The fourth-order valence-electron chi connectivity index (χ4n) is 3.23. The number of hydrogen-bond donors (Lipinski definition) is 2. The summed E-state index contributed by atoms with van der Waals surface area (Å²) in [5, 5.41) is 15.6. The third-order valence-corrected chi connectivity index (χ3v) is 6.70. The Morgan fingerprint density at radius 3 is 2.61 bits per heavy atom. The number of nitrogens with one attached hydrogen (secondary N) is 2. The lowest BCUT2D eigenvalue weighted by Gasteiger charge is -2.24. The van der Waals surface area contributed by atoms with Crippen molar-refractivity contribution in [1.29, 1.82) is 0 Å². The zero-order valence-electron chi connectivity index (χ0n) is 15.9. The Bertz CT molecular complexity index is 1130. The second kappa shape index (κ2) is 9.52. The number of carbonyl (C=O) groups is 2. The predicted molar refractivity (Wildman–Crippen MR) is 127 cm³/mol. The molecule has 160 valence electrons. The SMILES string of the molecule is O=C(Nc1nnc(-c2ccc(Br)cc2)s1)C1CCCN1C(=O)Nc1ccc(Cl)cc1Cl. The monoisotopic (exact) mass is 539 g/mol. The van der Waals surface area contributed by atoms with Crippen LogP contribution in [0.4, 0.5) is 15.6 Å². The Kier molecular flexibility index (Phi) is 6.76. The summed E-state index contributed by atoms with van der Waals surface area (Å²) in [6.45, 7) is 0.468. The number of halogens is 3. The van der Waals surface area contributed by atoms with E-state index in [1.165, 1.54) is 16.2 Å². The van der Waals surface area contributed by atoms with Crippen LogP contribution < -0.4 is 10.6 Å². The Morgan fingerprint density at radius 1 is 1.10 bits per heavy atom. The average Bonchev–Trinajstić information content (AvgIpc) is 3.40. The average molecular weight is 541 g/mol. The number of benzene rings is 2. The van der Waals surface area contributed by atoms with Gasteiger partial charge in [0.15, 0.2) is 0 Å². The van der Waals surface area contributed by atoms with Crippen LogP contribution in [0.2, 0.25) is 10.0 Å². The van der Waals surface area contributed by atoms with Gasteiger partial charge in [0.2, 0.25) is 11.0 Å². The number of rotatable bonds is 4. The molecule has 3 amide bonds. The predicted octanol–water partition coefficient (Wildman–Crippen LogP) is 5.91. The van der Waals surface area contributed by atoms with E-state index >= 15 is 0 Å². The molecule has 2 heterocycles. The van der Waals surface area contributed by atoms with Gasteiger partial charge in [-0.25, -0.2) is 4.79 Å². The smallest absolute Gasteiger partial charge is 0.312 e. The zero-order chi connectivity index (χ0) is 22.0.